The number of amides is 2. The van der Waals surface area contributed by atoms with Crippen LogP contribution in [0.5, 0.6) is 5.75 Å². The maximum Gasteiger partial charge on any atom is 0.240 e. The van der Waals surface area contributed by atoms with Crippen molar-refractivity contribution in [1.29, 1.82) is 0 Å². The van der Waals surface area contributed by atoms with Crippen LogP contribution < -0.4 is 15.4 Å². The summed E-state index contributed by atoms with van der Waals surface area (Å²) in [7, 11) is 0. The summed E-state index contributed by atoms with van der Waals surface area (Å²) < 4.78 is 5.51. The first-order valence-electron chi connectivity index (χ1n) is 8.15. The van der Waals surface area contributed by atoms with Gasteiger partial charge in [0.2, 0.25) is 11.8 Å². The molecule has 1 aliphatic rings. The summed E-state index contributed by atoms with van der Waals surface area (Å²) in [5, 5.41) is 6.20. The lowest BCUT2D eigenvalue weighted by Gasteiger charge is -2.17. The summed E-state index contributed by atoms with van der Waals surface area (Å²) in [4.78, 5) is 25.3. The highest BCUT2D eigenvalue weighted by Crippen LogP contribution is 2.48. The Balaban J connectivity index is 1.71. The smallest absolute Gasteiger partial charge is 0.240 e. The van der Waals surface area contributed by atoms with E-state index in [0.29, 0.717) is 41.6 Å². The Morgan fingerprint density at radius 1 is 1.04 bits per heavy atom. The molecule has 0 saturated heterocycles. The van der Waals surface area contributed by atoms with E-state index in [-0.39, 0.29) is 11.8 Å². The number of halogens is 1. The van der Waals surface area contributed by atoms with Crippen molar-refractivity contribution in [2.75, 3.05) is 17.2 Å². The molecule has 0 radical (unpaired) electrons. The molecule has 1 aliphatic carbocycles. The van der Waals surface area contributed by atoms with Gasteiger partial charge in [-0.25, -0.2) is 0 Å². The van der Waals surface area contributed by atoms with Crippen LogP contribution in [-0.4, -0.2) is 18.4 Å². The van der Waals surface area contributed by atoms with Crippen LogP contribution in [0.3, 0.4) is 0 Å². The molecule has 2 aromatic rings. The maximum absolute atomic E-state index is 12.7. The van der Waals surface area contributed by atoms with Crippen LogP contribution in [0.15, 0.2) is 48.5 Å². The quantitative estimate of drug-likeness (QED) is 0.764. The summed E-state index contributed by atoms with van der Waals surface area (Å²) in [6.07, 6.45) is 1.05. The number of ether oxygens (including phenoxy) is 1. The van der Waals surface area contributed by atoms with E-state index in [2.05, 4.69) is 10.6 Å². The molecule has 6 heteroatoms. The van der Waals surface area contributed by atoms with Crippen molar-refractivity contribution in [1.82, 2.24) is 0 Å². The zero-order chi connectivity index (χ0) is 17.9. The summed E-state index contributed by atoms with van der Waals surface area (Å²) in [5.74, 6) is -0.0282. The van der Waals surface area contributed by atoms with Crippen LogP contribution >= 0.6 is 11.6 Å². The third kappa shape index (κ3) is 3.77. The monoisotopic (exact) mass is 358 g/mol. The van der Waals surface area contributed by atoms with Crippen molar-refractivity contribution in [2.45, 2.75) is 19.8 Å². The summed E-state index contributed by atoms with van der Waals surface area (Å²) >= 11 is 5.84. The molecule has 0 spiro atoms. The van der Waals surface area contributed by atoms with Gasteiger partial charge < -0.3 is 15.4 Å². The third-order valence-corrected chi connectivity index (χ3v) is 4.41. The minimum Gasteiger partial charge on any atom is -0.492 e. The molecule has 3 rings (SSSR count). The van der Waals surface area contributed by atoms with Crippen LogP contribution in [0.2, 0.25) is 5.02 Å². The predicted molar refractivity (Wildman–Crippen MR) is 98.0 cm³/mol. The van der Waals surface area contributed by atoms with Gasteiger partial charge in [0.05, 0.1) is 12.3 Å². The predicted octanol–water partition coefficient (Wildman–Crippen LogP) is 4.10. The molecule has 0 aromatic heterocycles. The normalized spacial score (nSPS) is 14.5. The fourth-order valence-electron chi connectivity index (χ4n) is 2.56. The Hall–Kier alpha value is -2.53. The number of carbonyl (C=O) groups excluding carboxylic acids is 2. The Morgan fingerprint density at radius 2 is 1.68 bits per heavy atom. The van der Waals surface area contributed by atoms with Crippen LogP contribution in [0, 0.1) is 5.41 Å². The SMILES string of the molecule is CCOc1ccccc1NC(=O)C1(C(=O)Nc2ccc(Cl)cc2)CC1. The number of anilines is 2. The van der Waals surface area contributed by atoms with Crippen molar-refractivity contribution in [2.24, 2.45) is 5.41 Å². The van der Waals surface area contributed by atoms with Crippen molar-refractivity contribution < 1.29 is 14.3 Å². The highest BCUT2D eigenvalue weighted by molar-refractivity contribution is 6.30. The van der Waals surface area contributed by atoms with Gasteiger partial charge in [-0.1, -0.05) is 23.7 Å². The van der Waals surface area contributed by atoms with E-state index in [1.807, 2.05) is 19.1 Å². The number of hydrogen-bond donors (Lipinski definition) is 2. The summed E-state index contributed by atoms with van der Waals surface area (Å²) in [6.45, 7) is 2.37. The topological polar surface area (TPSA) is 67.4 Å². The van der Waals surface area contributed by atoms with Crippen molar-refractivity contribution in [3.05, 3.63) is 53.6 Å². The Kier molecular flexibility index (Phi) is 4.95. The average molecular weight is 359 g/mol. The fraction of sp³-hybridized carbons (Fsp3) is 0.263. The molecule has 25 heavy (non-hydrogen) atoms. The minimum atomic E-state index is -1.03. The standard InChI is InChI=1S/C19H19ClN2O3/c1-2-25-16-6-4-3-5-15(16)22-18(24)19(11-12-19)17(23)21-14-9-7-13(20)8-10-14/h3-10H,2,11-12H2,1H3,(H,21,23)(H,22,24). The number of hydrogen-bond acceptors (Lipinski definition) is 3. The number of nitrogens with one attached hydrogen (secondary N) is 2. The molecule has 130 valence electrons. The van der Waals surface area contributed by atoms with Gasteiger partial charge in [0.1, 0.15) is 11.2 Å². The molecule has 2 amide bonds. The van der Waals surface area contributed by atoms with Crippen molar-refractivity contribution in [3.63, 3.8) is 0 Å². The molecule has 0 aliphatic heterocycles. The lowest BCUT2D eigenvalue weighted by molar-refractivity contribution is -0.131. The van der Waals surface area contributed by atoms with E-state index in [4.69, 9.17) is 16.3 Å². The molecular weight excluding hydrogens is 340 g/mol. The zero-order valence-electron chi connectivity index (χ0n) is 13.8. The first-order valence-corrected chi connectivity index (χ1v) is 8.53. The first kappa shape index (κ1) is 17.3. The molecule has 1 saturated carbocycles. The van der Waals surface area contributed by atoms with Gasteiger partial charge in [-0.2, -0.15) is 0 Å². The van der Waals surface area contributed by atoms with Crippen molar-refractivity contribution >= 4 is 34.8 Å². The highest BCUT2D eigenvalue weighted by Gasteiger charge is 2.56. The second-order valence-electron chi connectivity index (χ2n) is 5.93. The van der Waals surface area contributed by atoms with Crippen molar-refractivity contribution in [3.8, 4) is 5.75 Å². The molecule has 0 unspecified atom stereocenters. The lowest BCUT2D eigenvalue weighted by Crippen LogP contribution is -2.35. The third-order valence-electron chi connectivity index (χ3n) is 4.16. The van der Waals surface area contributed by atoms with Gasteiger partial charge in [-0.3, -0.25) is 9.59 Å². The van der Waals surface area contributed by atoms with Crippen LogP contribution in [-0.2, 0) is 9.59 Å². The molecule has 0 heterocycles. The van der Waals surface area contributed by atoms with E-state index in [1.54, 1.807) is 36.4 Å². The van der Waals surface area contributed by atoms with Gasteiger partial charge in [0.15, 0.2) is 0 Å². The first-order chi connectivity index (χ1) is 12.0. The zero-order valence-corrected chi connectivity index (χ0v) is 14.6. The maximum atomic E-state index is 12.7. The molecule has 2 aromatic carbocycles. The van der Waals surface area contributed by atoms with Gasteiger partial charge in [0.25, 0.3) is 0 Å². The number of para-hydroxylation sites is 2. The van der Waals surface area contributed by atoms with Gasteiger partial charge >= 0.3 is 0 Å². The average Bonchev–Trinajstić information content (AvgIpc) is 3.41. The molecule has 0 bridgehead atoms. The molecular formula is C19H19ClN2O3. The molecule has 1 fully saturated rings. The van der Waals surface area contributed by atoms with E-state index in [9.17, 15) is 9.59 Å². The van der Waals surface area contributed by atoms with Gasteiger partial charge in [-0.15, -0.1) is 0 Å². The fourth-order valence-corrected chi connectivity index (χ4v) is 2.69. The number of carbonyl (C=O) groups is 2. The minimum absolute atomic E-state index is 0.304. The van der Waals surface area contributed by atoms with E-state index in [1.165, 1.54) is 0 Å². The van der Waals surface area contributed by atoms with Crippen LogP contribution in [0.1, 0.15) is 19.8 Å². The van der Waals surface area contributed by atoms with Gasteiger partial charge in [0, 0.05) is 10.7 Å². The lowest BCUT2D eigenvalue weighted by atomic mass is 10.0. The Bertz CT molecular complexity index is 786. The summed E-state index contributed by atoms with van der Waals surface area (Å²) in [6, 6.07) is 14.0. The van der Waals surface area contributed by atoms with E-state index < -0.39 is 5.41 Å². The van der Waals surface area contributed by atoms with Crippen LogP contribution in [0.4, 0.5) is 11.4 Å². The Labute approximate surface area is 151 Å². The van der Waals surface area contributed by atoms with Crippen LogP contribution in [0.25, 0.3) is 0 Å². The largest absolute Gasteiger partial charge is 0.492 e. The molecule has 5 nitrogen and oxygen atoms in total. The molecule has 2 N–H and O–H groups in total. The number of benzene rings is 2. The highest BCUT2D eigenvalue weighted by atomic mass is 35.5. The Morgan fingerprint density at radius 3 is 2.32 bits per heavy atom. The van der Waals surface area contributed by atoms with E-state index >= 15 is 0 Å². The van der Waals surface area contributed by atoms with Gasteiger partial charge in [-0.05, 0) is 56.2 Å². The number of rotatable bonds is 6. The van der Waals surface area contributed by atoms with E-state index in [0.717, 1.165) is 0 Å². The second-order valence-corrected chi connectivity index (χ2v) is 6.36. The summed E-state index contributed by atoms with van der Waals surface area (Å²) in [5.41, 5.74) is 0.155. The second kappa shape index (κ2) is 7.15. The molecule has 0 atom stereocenters.